The van der Waals surface area contributed by atoms with Crippen LogP contribution in [0, 0.1) is 0 Å². The number of thioether (sulfide) groups is 1. The van der Waals surface area contributed by atoms with Gasteiger partial charge in [-0.1, -0.05) is 20.8 Å². The van der Waals surface area contributed by atoms with Crippen molar-refractivity contribution in [3.63, 3.8) is 0 Å². The minimum absolute atomic E-state index is 0.156. The fourth-order valence-electron chi connectivity index (χ4n) is 1.56. The average molecular weight is 290 g/mol. The van der Waals surface area contributed by atoms with Gasteiger partial charge in [-0.05, 0) is 30.5 Å². The number of nitrogens with zero attached hydrogens (tertiary/aromatic N) is 2. The Morgan fingerprint density at radius 1 is 1.25 bits per heavy atom. The highest BCUT2D eigenvalue weighted by molar-refractivity contribution is 7.98. The van der Waals surface area contributed by atoms with Crippen LogP contribution >= 0.6 is 11.8 Å². The number of carbonyl (C=O) groups excluding carboxylic acids is 1. The van der Waals surface area contributed by atoms with E-state index in [0.29, 0.717) is 5.82 Å². The fourth-order valence-corrected chi connectivity index (χ4v) is 1.97. The van der Waals surface area contributed by atoms with Crippen LogP contribution < -0.4 is 5.32 Å². The molecule has 0 aliphatic rings. The Morgan fingerprint density at radius 2 is 1.90 bits per heavy atom. The number of nitrogens with one attached hydrogen (secondary N) is 2. The summed E-state index contributed by atoms with van der Waals surface area (Å²) in [5.41, 5.74) is 0.570. The summed E-state index contributed by atoms with van der Waals surface area (Å²) in [4.78, 5) is 17.4. The topological polar surface area (TPSA) is 70.7 Å². The van der Waals surface area contributed by atoms with E-state index in [0.717, 1.165) is 10.6 Å². The lowest BCUT2D eigenvalue weighted by Gasteiger charge is -2.12. The average Bonchev–Trinajstić information content (AvgIpc) is 2.89. The summed E-state index contributed by atoms with van der Waals surface area (Å²) in [6.07, 6.45) is 2.01. The summed E-state index contributed by atoms with van der Waals surface area (Å²) >= 11 is 1.66. The summed E-state index contributed by atoms with van der Waals surface area (Å²) < 4.78 is 0. The monoisotopic (exact) mass is 290 g/mol. The SMILES string of the molecule is CSc1ccc(NC(=O)c2n[nH]c(C(C)(C)C)n2)cc1. The zero-order chi connectivity index (χ0) is 14.8. The lowest BCUT2D eigenvalue weighted by molar-refractivity contribution is 0.101. The van der Waals surface area contributed by atoms with Gasteiger partial charge in [-0.15, -0.1) is 16.9 Å². The lowest BCUT2D eigenvalue weighted by atomic mass is 9.96. The molecule has 1 aromatic heterocycles. The predicted molar refractivity (Wildman–Crippen MR) is 81.3 cm³/mol. The van der Waals surface area contributed by atoms with Crippen LogP contribution in [0.5, 0.6) is 0 Å². The van der Waals surface area contributed by atoms with Crippen LogP contribution in [-0.2, 0) is 5.41 Å². The summed E-state index contributed by atoms with van der Waals surface area (Å²) in [6.45, 7) is 6.03. The first-order valence-electron chi connectivity index (χ1n) is 6.28. The summed E-state index contributed by atoms with van der Waals surface area (Å²) in [7, 11) is 0. The number of hydrogen-bond donors (Lipinski definition) is 2. The number of H-pyrrole nitrogens is 1. The maximum absolute atomic E-state index is 12.0. The van der Waals surface area contributed by atoms with Crippen LogP contribution in [0.4, 0.5) is 5.69 Å². The van der Waals surface area contributed by atoms with Crippen LogP contribution in [0.15, 0.2) is 29.2 Å². The minimum atomic E-state index is -0.311. The van der Waals surface area contributed by atoms with Crippen molar-refractivity contribution in [1.82, 2.24) is 15.2 Å². The molecule has 2 aromatic rings. The van der Waals surface area contributed by atoms with Gasteiger partial charge in [0.05, 0.1) is 0 Å². The largest absolute Gasteiger partial charge is 0.319 e. The third kappa shape index (κ3) is 3.39. The van der Waals surface area contributed by atoms with Crippen molar-refractivity contribution in [2.24, 2.45) is 0 Å². The van der Waals surface area contributed by atoms with Crippen molar-refractivity contribution in [2.45, 2.75) is 31.1 Å². The maximum atomic E-state index is 12.0. The molecule has 0 saturated carbocycles. The first-order chi connectivity index (χ1) is 9.40. The first kappa shape index (κ1) is 14.6. The van der Waals surface area contributed by atoms with E-state index in [4.69, 9.17) is 0 Å². The highest BCUT2D eigenvalue weighted by Gasteiger charge is 2.21. The Balaban J connectivity index is 2.09. The third-order valence-electron chi connectivity index (χ3n) is 2.75. The molecule has 2 rings (SSSR count). The molecule has 0 atom stereocenters. The van der Waals surface area contributed by atoms with Gasteiger partial charge in [0.2, 0.25) is 5.82 Å². The number of benzene rings is 1. The molecule has 1 amide bonds. The van der Waals surface area contributed by atoms with Gasteiger partial charge in [-0.3, -0.25) is 9.89 Å². The van der Waals surface area contributed by atoms with Crippen molar-refractivity contribution in [2.75, 3.05) is 11.6 Å². The molecule has 0 bridgehead atoms. The Kier molecular flexibility index (Phi) is 4.13. The molecule has 1 heterocycles. The molecule has 0 radical (unpaired) electrons. The number of aromatic nitrogens is 3. The van der Waals surface area contributed by atoms with Gasteiger partial charge >= 0.3 is 0 Å². The Labute approximate surface area is 122 Å². The number of anilines is 1. The second-order valence-corrected chi connectivity index (χ2v) is 6.32. The van der Waals surface area contributed by atoms with Gasteiger partial charge in [0, 0.05) is 16.0 Å². The van der Waals surface area contributed by atoms with E-state index < -0.39 is 0 Å². The number of rotatable bonds is 3. The van der Waals surface area contributed by atoms with Crippen molar-refractivity contribution < 1.29 is 4.79 Å². The molecule has 0 aliphatic heterocycles. The predicted octanol–water partition coefficient (Wildman–Crippen LogP) is 3.08. The van der Waals surface area contributed by atoms with Crippen molar-refractivity contribution in [1.29, 1.82) is 0 Å². The number of amides is 1. The first-order valence-corrected chi connectivity index (χ1v) is 7.51. The van der Waals surface area contributed by atoms with E-state index in [9.17, 15) is 4.79 Å². The Bertz CT molecular complexity index is 598. The van der Waals surface area contributed by atoms with E-state index >= 15 is 0 Å². The van der Waals surface area contributed by atoms with E-state index in [1.165, 1.54) is 0 Å². The van der Waals surface area contributed by atoms with Crippen LogP contribution in [0.3, 0.4) is 0 Å². The lowest BCUT2D eigenvalue weighted by Crippen LogP contribution is -2.16. The molecule has 0 saturated heterocycles. The van der Waals surface area contributed by atoms with E-state index in [2.05, 4.69) is 20.5 Å². The normalized spacial score (nSPS) is 11.4. The molecule has 0 unspecified atom stereocenters. The summed E-state index contributed by atoms with van der Waals surface area (Å²) in [5.74, 6) is 0.540. The van der Waals surface area contributed by atoms with Crippen molar-refractivity contribution >= 4 is 23.4 Å². The van der Waals surface area contributed by atoms with Crippen molar-refractivity contribution in [3.8, 4) is 0 Å². The molecular weight excluding hydrogens is 272 g/mol. The van der Waals surface area contributed by atoms with Crippen LogP contribution in [0.25, 0.3) is 0 Å². The molecule has 20 heavy (non-hydrogen) atoms. The van der Waals surface area contributed by atoms with Gasteiger partial charge < -0.3 is 5.32 Å². The highest BCUT2D eigenvalue weighted by atomic mass is 32.2. The zero-order valence-corrected chi connectivity index (χ0v) is 12.8. The Morgan fingerprint density at radius 3 is 2.40 bits per heavy atom. The van der Waals surface area contributed by atoms with Crippen LogP contribution in [0.2, 0.25) is 0 Å². The standard InChI is InChI=1S/C14H18N4OS/c1-14(2,3)13-16-11(17-18-13)12(19)15-9-5-7-10(20-4)8-6-9/h5-8H,1-4H3,(H,15,19)(H,16,17,18). The Hall–Kier alpha value is -1.82. The molecule has 0 spiro atoms. The molecule has 106 valence electrons. The third-order valence-corrected chi connectivity index (χ3v) is 3.49. The minimum Gasteiger partial charge on any atom is -0.319 e. The highest BCUT2D eigenvalue weighted by Crippen LogP contribution is 2.19. The molecule has 5 nitrogen and oxygen atoms in total. The van der Waals surface area contributed by atoms with E-state index in [1.807, 2.05) is 51.3 Å². The second kappa shape index (κ2) is 5.66. The van der Waals surface area contributed by atoms with Gasteiger partial charge in [-0.25, -0.2) is 4.98 Å². The maximum Gasteiger partial charge on any atom is 0.295 e. The number of hydrogen-bond acceptors (Lipinski definition) is 4. The van der Waals surface area contributed by atoms with E-state index in [-0.39, 0.29) is 17.1 Å². The summed E-state index contributed by atoms with van der Waals surface area (Å²) in [5, 5.41) is 9.55. The molecule has 6 heteroatoms. The van der Waals surface area contributed by atoms with Crippen molar-refractivity contribution in [3.05, 3.63) is 35.9 Å². The van der Waals surface area contributed by atoms with E-state index in [1.54, 1.807) is 11.8 Å². The summed E-state index contributed by atoms with van der Waals surface area (Å²) in [6, 6.07) is 7.64. The van der Waals surface area contributed by atoms with Crippen LogP contribution in [-0.4, -0.2) is 27.3 Å². The molecule has 2 N–H and O–H groups in total. The van der Waals surface area contributed by atoms with Gasteiger partial charge in [0.1, 0.15) is 5.82 Å². The number of aromatic amines is 1. The number of carbonyl (C=O) groups is 1. The smallest absolute Gasteiger partial charge is 0.295 e. The molecule has 1 aromatic carbocycles. The van der Waals surface area contributed by atoms with Gasteiger partial charge in [0.25, 0.3) is 5.91 Å². The zero-order valence-electron chi connectivity index (χ0n) is 12.0. The molecular formula is C14H18N4OS. The van der Waals surface area contributed by atoms with Gasteiger partial charge in [0.15, 0.2) is 0 Å². The van der Waals surface area contributed by atoms with Gasteiger partial charge in [-0.2, -0.15) is 0 Å². The molecule has 0 fully saturated rings. The quantitative estimate of drug-likeness (QED) is 0.852. The fraction of sp³-hybridized carbons (Fsp3) is 0.357. The van der Waals surface area contributed by atoms with Crippen LogP contribution in [0.1, 0.15) is 37.2 Å². The molecule has 0 aliphatic carbocycles. The second-order valence-electron chi connectivity index (χ2n) is 5.44.